The topological polar surface area (TPSA) is 105 Å². The zero-order valence-corrected chi connectivity index (χ0v) is 21.6. The Balaban J connectivity index is 0.00000158. The molecule has 1 aromatic carbocycles. The second-order valence-electron chi connectivity index (χ2n) is 7.70. The van der Waals surface area contributed by atoms with Crippen LogP contribution in [0.2, 0.25) is 10.0 Å². The van der Waals surface area contributed by atoms with E-state index in [2.05, 4.69) is 43.9 Å². The summed E-state index contributed by atoms with van der Waals surface area (Å²) in [6.07, 6.45) is 5.24. The molecule has 1 aliphatic rings. The summed E-state index contributed by atoms with van der Waals surface area (Å²) in [6, 6.07) is 10.9. The van der Waals surface area contributed by atoms with Crippen LogP contribution >= 0.6 is 46.5 Å². The number of pyridine rings is 1. The first kappa shape index (κ1) is 26.7. The van der Waals surface area contributed by atoms with Crippen molar-refractivity contribution in [1.82, 2.24) is 15.3 Å². The molecule has 34 heavy (non-hydrogen) atoms. The molecular weight excluding hydrogens is 513 g/mol. The number of aromatic nitrogens is 2. The Morgan fingerprint density at radius 1 is 1.24 bits per heavy atom. The zero-order valence-electron chi connectivity index (χ0n) is 18.3. The molecule has 0 saturated carbocycles. The lowest BCUT2D eigenvalue weighted by molar-refractivity contribution is 0.0903. The molecule has 7 nitrogen and oxygen atoms in total. The van der Waals surface area contributed by atoms with E-state index in [0.29, 0.717) is 21.8 Å². The van der Waals surface area contributed by atoms with Crippen LogP contribution in [0.4, 0.5) is 5.82 Å². The van der Waals surface area contributed by atoms with Gasteiger partial charge >= 0.3 is 0 Å². The maximum atomic E-state index is 12.8. The number of H-pyrrole nitrogens is 1. The molecule has 1 amide bonds. The van der Waals surface area contributed by atoms with Crippen LogP contribution in [0.15, 0.2) is 48.8 Å². The molecule has 4 rings (SSSR count). The molecule has 1 fully saturated rings. The van der Waals surface area contributed by atoms with E-state index >= 15 is 0 Å². The van der Waals surface area contributed by atoms with E-state index in [4.69, 9.17) is 33.7 Å². The highest BCUT2D eigenvalue weighted by Gasteiger charge is 2.18. The van der Waals surface area contributed by atoms with Gasteiger partial charge in [0, 0.05) is 54.3 Å². The SMILES string of the molecule is NCC(NC(=O)c1cc(-c2cc(NC3CCOCC3)ncc2Cl)c[nH]1)c1cccc(Cl)c1.SS. The predicted molar refractivity (Wildman–Crippen MR) is 145 cm³/mol. The Hall–Kier alpha value is -1.88. The van der Waals surface area contributed by atoms with Gasteiger partial charge in [-0.1, -0.05) is 35.3 Å². The van der Waals surface area contributed by atoms with E-state index < -0.39 is 0 Å². The van der Waals surface area contributed by atoms with Crippen LogP contribution in [0.25, 0.3) is 11.1 Å². The smallest absolute Gasteiger partial charge is 0.268 e. The number of carbonyl (C=O) groups is 1. The summed E-state index contributed by atoms with van der Waals surface area (Å²) in [7, 11) is 0. The largest absolute Gasteiger partial charge is 0.381 e. The van der Waals surface area contributed by atoms with Crippen molar-refractivity contribution in [3.63, 3.8) is 0 Å². The molecule has 11 heteroatoms. The molecule has 1 unspecified atom stereocenters. The first-order valence-corrected chi connectivity index (χ1v) is 13.0. The first-order chi connectivity index (χ1) is 16.5. The molecule has 182 valence electrons. The van der Waals surface area contributed by atoms with Gasteiger partial charge in [0.15, 0.2) is 0 Å². The van der Waals surface area contributed by atoms with Crippen LogP contribution < -0.4 is 16.4 Å². The Morgan fingerprint density at radius 2 is 2.00 bits per heavy atom. The van der Waals surface area contributed by atoms with Gasteiger partial charge in [0.1, 0.15) is 11.5 Å². The molecule has 0 bridgehead atoms. The number of aromatic amines is 1. The molecule has 3 heterocycles. The highest BCUT2D eigenvalue weighted by atomic mass is 35.5. The number of nitrogens with zero attached hydrogens (tertiary/aromatic N) is 1. The number of nitrogens with one attached hydrogen (secondary N) is 3. The average Bonchev–Trinajstić information content (AvgIpc) is 3.36. The Kier molecular flexibility index (Phi) is 10.4. The first-order valence-electron chi connectivity index (χ1n) is 10.7. The van der Waals surface area contributed by atoms with Crippen LogP contribution in [0.3, 0.4) is 0 Å². The van der Waals surface area contributed by atoms with Gasteiger partial charge in [-0.25, -0.2) is 4.98 Å². The molecule has 5 N–H and O–H groups in total. The lowest BCUT2D eigenvalue weighted by Crippen LogP contribution is -2.33. The fourth-order valence-corrected chi connectivity index (χ4v) is 4.12. The number of carbonyl (C=O) groups excluding carboxylic acids is 1. The number of hydrogen-bond donors (Lipinski definition) is 6. The number of amides is 1. The van der Waals surface area contributed by atoms with Gasteiger partial charge in [0.05, 0.1) is 11.1 Å². The monoisotopic (exact) mass is 539 g/mol. The lowest BCUT2D eigenvalue weighted by Gasteiger charge is -2.23. The summed E-state index contributed by atoms with van der Waals surface area (Å²) >= 11 is 18.9. The van der Waals surface area contributed by atoms with Crippen molar-refractivity contribution in [2.75, 3.05) is 25.1 Å². The number of hydrogen-bond acceptors (Lipinski definition) is 7. The van der Waals surface area contributed by atoms with Crippen molar-refractivity contribution < 1.29 is 9.53 Å². The van der Waals surface area contributed by atoms with Gasteiger partial charge in [-0.15, -0.1) is 23.3 Å². The van der Waals surface area contributed by atoms with Crippen molar-refractivity contribution in [2.24, 2.45) is 5.73 Å². The number of anilines is 1. The maximum absolute atomic E-state index is 12.8. The third-order valence-electron chi connectivity index (χ3n) is 5.46. The number of benzene rings is 1. The number of halogens is 2. The van der Waals surface area contributed by atoms with Crippen LogP contribution in [0.1, 0.15) is 34.9 Å². The second kappa shape index (κ2) is 13.3. The Labute approximate surface area is 219 Å². The second-order valence-corrected chi connectivity index (χ2v) is 8.54. The normalized spacial score (nSPS) is 14.6. The fraction of sp³-hybridized carbons (Fsp3) is 0.304. The van der Waals surface area contributed by atoms with Crippen molar-refractivity contribution in [3.8, 4) is 11.1 Å². The van der Waals surface area contributed by atoms with Gasteiger partial charge in [0.2, 0.25) is 0 Å². The van der Waals surface area contributed by atoms with E-state index in [9.17, 15) is 4.79 Å². The average molecular weight is 541 g/mol. The molecule has 0 aliphatic carbocycles. The molecule has 1 saturated heterocycles. The van der Waals surface area contributed by atoms with Gasteiger partial charge in [-0.2, -0.15) is 0 Å². The Bertz CT molecular complexity index is 1090. The van der Waals surface area contributed by atoms with E-state index in [1.807, 2.05) is 18.2 Å². The van der Waals surface area contributed by atoms with Gasteiger partial charge in [-0.3, -0.25) is 4.79 Å². The van der Waals surface area contributed by atoms with E-state index in [1.54, 1.807) is 30.6 Å². The highest BCUT2D eigenvalue weighted by molar-refractivity contribution is 8.59. The number of rotatable bonds is 7. The van der Waals surface area contributed by atoms with Crippen LogP contribution in [0, 0.1) is 0 Å². The van der Waals surface area contributed by atoms with Crippen molar-refractivity contribution >= 4 is 58.2 Å². The third kappa shape index (κ3) is 7.07. The molecule has 2 aromatic heterocycles. The standard InChI is InChI=1S/C23H25Cl2N5O2.H2S2/c24-16-3-1-2-14(8-16)21(11-26)30-23(31)20-9-15(12-27-20)18-10-22(28-13-19(18)25)29-17-4-6-32-7-5-17;1-2/h1-3,8-10,12-13,17,21,27H,4-7,11,26H2,(H,28,29)(H,30,31);1-2H. The minimum Gasteiger partial charge on any atom is -0.381 e. The van der Waals surface area contributed by atoms with E-state index in [1.165, 1.54) is 0 Å². The van der Waals surface area contributed by atoms with Crippen molar-refractivity contribution in [3.05, 3.63) is 70.1 Å². The summed E-state index contributed by atoms with van der Waals surface area (Å²) in [5.41, 5.74) is 8.73. The summed E-state index contributed by atoms with van der Waals surface area (Å²) in [5, 5.41) is 7.49. The van der Waals surface area contributed by atoms with Gasteiger partial charge < -0.3 is 26.1 Å². The predicted octanol–water partition coefficient (Wildman–Crippen LogP) is 5.17. The molecular formula is C23H27Cl2N5O2S2. The van der Waals surface area contributed by atoms with Crippen LogP contribution in [0.5, 0.6) is 0 Å². The minimum atomic E-state index is -0.354. The Morgan fingerprint density at radius 3 is 2.71 bits per heavy atom. The van der Waals surface area contributed by atoms with Crippen molar-refractivity contribution in [1.29, 1.82) is 0 Å². The minimum absolute atomic E-state index is 0.247. The summed E-state index contributed by atoms with van der Waals surface area (Å²) < 4.78 is 5.41. The maximum Gasteiger partial charge on any atom is 0.268 e. The third-order valence-corrected chi connectivity index (χ3v) is 6.00. The molecule has 0 spiro atoms. The summed E-state index contributed by atoms with van der Waals surface area (Å²) in [6.45, 7) is 1.73. The number of nitrogens with two attached hydrogens (primary N) is 1. The number of thiol groups is 2. The quantitative estimate of drug-likeness (QED) is 0.183. The summed E-state index contributed by atoms with van der Waals surface area (Å²) in [5.74, 6) is 0.477. The van der Waals surface area contributed by atoms with E-state index in [0.717, 1.165) is 48.6 Å². The fourth-order valence-electron chi connectivity index (χ4n) is 3.71. The summed E-state index contributed by atoms with van der Waals surface area (Å²) in [4.78, 5) is 20.3. The zero-order chi connectivity index (χ0) is 24.5. The van der Waals surface area contributed by atoms with Crippen molar-refractivity contribution in [2.45, 2.75) is 24.9 Å². The van der Waals surface area contributed by atoms with E-state index in [-0.39, 0.29) is 18.5 Å². The molecule has 1 aliphatic heterocycles. The highest BCUT2D eigenvalue weighted by Crippen LogP contribution is 2.30. The van der Waals surface area contributed by atoms with Gasteiger partial charge in [0.25, 0.3) is 5.91 Å². The molecule has 1 atom stereocenters. The molecule has 0 radical (unpaired) electrons. The van der Waals surface area contributed by atoms with Crippen LogP contribution in [-0.2, 0) is 4.74 Å². The lowest BCUT2D eigenvalue weighted by atomic mass is 10.1. The van der Waals surface area contributed by atoms with Gasteiger partial charge in [-0.05, 0) is 42.7 Å². The number of ether oxygens (including phenoxy) is 1. The van der Waals surface area contributed by atoms with Crippen LogP contribution in [-0.4, -0.2) is 41.7 Å². The molecule has 3 aromatic rings.